The Morgan fingerprint density at radius 2 is 1.89 bits per heavy atom. The van der Waals surface area contributed by atoms with E-state index in [4.69, 9.17) is 0 Å². The number of aryl methyl sites for hydroxylation is 2. The normalized spacial score (nSPS) is 10.4. The monoisotopic (exact) mass is 250 g/mol. The number of phenols is 1. The second-order valence-corrected chi connectivity index (χ2v) is 4.59. The van der Waals surface area contributed by atoms with Crippen LogP contribution >= 0.6 is 0 Å². The third-order valence-corrected chi connectivity index (χ3v) is 3.06. The van der Waals surface area contributed by atoms with Crippen molar-refractivity contribution in [1.82, 2.24) is 10.2 Å². The molecule has 0 saturated carbocycles. The molecule has 0 fully saturated rings. The van der Waals surface area contributed by atoms with Gasteiger partial charge in [0.1, 0.15) is 5.75 Å². The van der Waals surface area contributed by atoms with Crippen molar-refractivity contribution in [1.29, 1.82) is 0 Å². The lowest BCUT2D eigenvalue weighted by Gasteiger charge is -2.15. The molecule has 0 aliphatic rings. The van der Waals surface area contributed by atoms with Crippen LogP contribution in [-0.2, 0) is 11.3 Å². The minimum absolute atomic E-state index is 0.0877. The van der Waals surface area contributed by atoms with Gasteiger partial charge in [0.2, 0.25) is 5.91 Å². The summed E-state index contributed by atoms with van der Waals surface area (Å²) in [6.45, 7) is 7.39. The number of carbonyl (C=O) groups is 1. The van der Waals surface area contributed by atoms with Crippen LogP contribution in [-0.4, -0.2) is 36.1 Å². The first kappa shape index (κ1) is 14.5. The van der Waals surface area contributed by atoms with E-state index in [0.717, 1.165) is 23.2 Å². The fraction of sp³-hybridized carbons (Fsp3) is 0.500. The Kier molecular flexibility index (Phi) is 5.16. The Morgan fingerprint density at radius 1 is 1.33 bits per heavy atom. The zero-order chi connectivity index (χ0) is 13.7. The first-order valence-corrected chi connectivity index (χ1v) is 6.19. The SMILES string of the molecule is CCN(C)C(=O)CNCc1cc(C)c(O)c(C)c1. The maximum Gasteiger partial charge on any atom is 0.236 e. The van der Waals surface area contributed by atoms with Gasteiger partial charge in [0.25, 0.3) is 0 Å². The van der Waals surface area contributed by atoms with Gasteiger partial charge in [0.05, 0.1) is 6.54 Å². The van der Waals surface area contributed by atoms with Crippen LogP contribution in [0.4, 0.5) is 0 Å². The summed E-state index contributed by atoms with van der Waals surface area (Å²) in [6, 6.07) is 3.87. The van der Waals surface area contributed by atoms with E-state index < -0.39 is 0 Å². The minimum Gasteiger partial charge on any atom is -0.507 e. The second-order valence-electron chi connectivity index (χ2n) is 4.59. The van der Waals surface area contributed by atoms with Gasteiger partial charge in [-0.2, -0.15) is 0 Å². The number of hydrogen-bond acceptors (Lipinski definition) is 3. The molecule has 2 N–H and O–H groups in total. The molecule has 0 radical (unpaired) electrons. The fourth-order valence-corrected chi connectivity index (χ4v) is 1.77. The molecule has 100 valence electrons. The number of nitrogens with one attached hydrogen (secondary N) is 1. The molecular weight excluding hydrogens is 228 g/mol. The molecule has 4 heteroatoms. The highest BCUT2D eigenvalue weighted by molar-refractivity contribution is 5.77. The van der Waals surface area contributed by atoms with E-state index in [0.29, 0.717) is 18.8 Å². The van der Waals surface area contributed by atoms with Crippen LogP contribution in [0.1, 0.15) is 23.6 Å². The predicted molar refractivity (Wildman–Crippen MR) is 72.6 cm³/mol. The molecule has 1 amide bonds. The Balaban J connectivity index is 2.52. The molecule has 1 aromatic carbocycles. The molecule has 0 atom stereocenters. The molecule has 0 heterocycles. The van der Waals surface area contributed by atoms with Crippen molar-refractivity contribution in [2.24, 2.45) is 0 Å². The highest BCUT2D eigenvalue weighted by Gasteiger charge is 2.07. The number of phenolic OH excluding ortho intramolecular Hbond substituents is 1. The lowest BCUT2D eigenvalue weighted by molar-refractivity contribution is -0.128. The summed E-state index contributed by atoms with van der Waals surface area (Å²) in [5.74, 6) is 0.435. The quantitative estimate of drug-likeness (QED) is 0.834. The Labute approximate surface area is 109 Å². The zero-order valence-electron chi connectivity index (χ0n) is 11.6. The number of benzene rings is 1. The molecule has 0 aliphatic heterocycles. The van der Waals surface area contributed by atoms with Gasteiger partial charge in [-0.3, -0.25) is 4.79 Å². The first-order valence-electron chi connectivity index (χ1n) is 6.19. The summed E-state index contributed by atoms with van der Waals surface area (Å²) in [4.78, 5) is 13.3. The Hall–Kier alpha value is -1.55. The average Bonchev–Trinajstić information content (AvgIpc) is 2.34. The fourth-order valence-electron chi connectivity index (χ4n) is 1.77. The van der Waals surface area contributed by atoms with Gasteiger partial charge in [-0.1, -0.05) is 12.1 Å². The Bertz CT molecular complexity index is 407. The number of nitrogens with zero attached hydrogens (tertiary/aromatic N) is 1. The molecular formula is C14H22N2O2. The topological polar surface area (TPSA) is 52.6 Å². The Morgan fingerprint density at radius 3 is 2.39 bits per heavy atom. The van der Waals surface area contributed by atoms with Crippen molar-refractivity contribution < 1.29 is 9.90 Å². The van der Waals surface area contributed by atoms with E-state index >= 15 is 0 Å². The van der Waals surface area contributed by atoms with Crippen LogP contribution in [0.2, 0.25) is 0 Å². The van der Waals surface area contributed by atoms with Gasteiger partial charge in [0.15, 0.2) is 0 Å². The molecule has 18 heavy (non-hydrogen) atoms. The second kappa shape index (κ2) is 6.40. The van der Waals surface area contributed by atoms with Crippen LogP contribution < -0.4 is 5.32 Å². The summed E-state index contributed by atoms with van der Waals surface area (Å²) >= 11 is 0. The minimum atomic E-state index is 0.0877. The van der Waals surface area contributed by atoms with E-state index in [9.17, 15) is 9.90 Å². The van der Waals surface area contributed by atoms with Crippen molar-refractivity contribution in [2.45, 2.75) is 27.3 Å². The lowest BCUT2D eigenvalue weighted by Crippen LogP contribution is -2.35. The summed E-state index contributed by atoms with van der Waals surface area (Å²) in [7, 11) is 1.79. The van der Waals surface area contributed by atoms with E-state index in [1.165, 1.54) is 0 Å². The lowest BCUT2D eigenvalue weighted by atomic mass is 10.1. The number of hydrogen-bond donors (Lipinski definition) is 2. The molecule has 4 nitrogen and oxygen atoms in total. The molecule has 0 bridgehead atoms. The molecule has 0 spiro atoms. The van der Waals surface area contributed by atoms with Crippen molar-refractivity contribution >= 4 is 5.91 Å². The average molecular weight is 250 g/mol. The number of amides is 1. The largest absolute Gasteiger partial charge is 0.507 e. The van der Waals surface area contributed by atoms with E-state index in [1.54, 1.807) is 11.9 Å². The van der Waals surface area contributed by atoms with Crippen molar-refractivity contribution in [3.63, 3.8) is 0 Å². The van der Waals surface area contributed by atoms with E-state index in [2.05, 4.69) is 5.32 Å². The first-order chi connectivity index (χ1) is 8.45. The summed E-state index contributed by atoms with van der Waals surface area (Å²) in [6.07, 6.45) is 0. The molecule has 0 aromatic heterocycles. The van der Waals surface area contributed by atoms with Crippen LogP contribution in [0.5, 0.6) is 5.75 Å². The smallest absolute Gasteiger partial charge is 0.236 e. The van der Waals surface area contributed by atoms with Crippen molar-refractivity contribution in [2.75, 3.05) is 20.1 Å². The third kappa shape index (κ3) is 3.74. The van der Waals surface area contributed by atoms with Crippen molar-refractivity contribution in [3.8, 4) is 5.75 Å². The van der Waals surface area contributed by atoms with Gasteiger partial charge in [-0.05, 0) is 37.5 Å². The van der Waals surface area contributed by atoms with Gasteiger partial charge in [-0.15, -0.1) is 0 Å². The number of aromatic hydroxyl groups is 1. The zero-order valence-corrected chi connectivity index (χ0v) is 11.6. The number of likely N-dealkylation sites (N-methyl/N-ethyl adjacent to an activating group) is 1. The van der Waals surface area contributed by atoms with Gasteiger partial charge in [-0.25, -0.2) is 0 Å². The molecule has 0 saturated heterocycles. The standard InChI is InChI=1S/C14H22N2O2/c1-5-16(4)13(17)9-15-8-12-6-10(2)14(18)11(3)7-12/h6-7,15,18H,5,8-9H2,1-4H3. The highest BCUT2D eigenvalue weighted by Crippen LogP contribution is 2.22. The molecule has 1 rings (SSSR count). The van der Waals surface area contributed by atoms with Crippen LogP contribution in [0.15, 0.2) is 12.1 Å². The predicted octanol–water partition coefficient (Wildman–Crippen LogP) is 1.58. The summed E-state index contributed by atoms with van der Waals surface area (Å²) in [5, 5.41) is 12.8. The van der Waals surface area contributed by atoms with E-state index in [1.807, 2.05) is 32.9 Å². The van der Waals surface area contributed by atoms with Crippen LogP contribution in [0, 0.1) is 13.8 Å². The number of carbonyl (C=O) groups excluding carboxylic acids is 1. The van der Waals surface area contributed by atoms with Gasteiger partial charge in [0, 0.05) is 20.1 Å². The van der Waals surface area contributed by atoms with Crippen molar-refractivity contribution in [3.05, 3.63) is 28.8 Å². The van der Waals surface area contributed by atoms with Crippen LogP contribution in [0.3, 0.4) is 0 Å². The maximum absolute atomic E-state index is 11.6. The number of rotatable bonds is 5. The van der Waals surface area contributed by atoms with E-state index in [-0.39, 0.29) is 5.91 Å². The van der Waals surface area contributed by atoms with Crippen LogP contribution in [0.25, 0.3) is 0 Å². The molecule has 1 aromatic rings. The maximum atomic E-state index is 11.6. The summed E-state index contributed by atoms with van der Waals surface area (Å²) < 4.78 is 0. The third-order valence-electron chi connectivity index (χ3n) is 3.06. The molecule has 0 aliphatic carbocycles. The highest BCUT2D eigenvalue weighted by atomic mass is 16.3. The summed E-state index contributed by atoms with van der Waals surface area (Å²) in [5.41, 5.74) is 2.81. The van der Waals surface area contributed by atoms with Gasteiger partial charge >= 0.3 is 0 Å². The molecule has 0 unspecified atom stereocenters. The van der Waals surface area contributed by atoms with Gasteiger partial charge < -0.3 is 15.3 Å².